The smallest absolute Gasteiger partial charge is 0.245 e. The molecular formula is C11H11Br2NO3S3. The number of hydrogen-bond donors (Lipinski definition) is 1. The Bertz CT molecular complexity index is 708. The second kappa shape index (κ2) is 6.55. The van der Waals surface area contributed by atoms with Crippen molar-refractivity contribution in [1.29, 1.82) is 0 Å². The van der Waals surface area contributed by atoms with Crippen molar-refractivity contribution < 1.29 is 13.5 Å². The Morgan fingerprint density at radius 1 is 1.35 bits per heavy atom. The van der Waals surface area contributed by atoms with Gasteiger partial charge in [0.2, 0.25) is 10.0 Å². The van der Waals surface area contributed by atoms with Crippen molar-refractivity contribution in [1.82, 2.24) is 4.31 Å². The fourth-order valence-corrected chi connectivity index (χ4v) is 6.44. The highest BCUT2D eigenvalue weighted by atomic mass is 79.9. The topological polar surface area (TPSA) is 57.6 Å². The van der Waals surface area contributed by atoms with Crippen LogP contribution < -0.4 is 0 Å². The zero-order valence-corrected chi connectivity index (χ0v) is 16.0. The summed E-state index contributed by atoms with van der Waals surface area (Å²) < 4.78 is 27.8. The van der Waals surface area contributed by atoms with Crippen LogP contribution in [0.4, 0.5) is 0 Å². The summed E-state index contributed by atoms with van der Waals surface area (Å²) in [6.07, 6.45) is 0. The van der Waals surface area contributed by atoms with E-state index in [-0.39, 0.29) is 11.5 Å². The van der Waals surface area contributed by atoms with Gasteiger partial charge >= 0.3 is 0 Å². The van der Waals surface area contributed by atoms with Gasteiger partial charge in [-0.2, -0.15) is 4.31 Å². The molecular weight excluding hydrogens is 450 g/mol. The minimum absolute atomic E-state index is 0.167. The van der Waals surface area contributed by atoms with E-state index >= 15 is 0 Å². The van der Waals surface area contributed by atoms with E-state index < -0.39 is 10.0 Å². The summed E-state index contributed by atoms with van der Waals surface area (Å²) in [6, 6.07) is 3.41. The van der Waals surface area contributed by atoms with Gasteiger partial charge in [0.05, 0.1) is 14.2 Å². The third kappa shape index (κ3) is 3.52. The van der Waals surface area contributed by atoms with Gasteiger partial charge in [-0.05, 0) is 54.9 Å². The normalized spacial score (nSPS) is 12.2. The van der Waals surface area contributed by atoms with Gasteiger partial charge in [0.1, 0.15) is 4.90 Å². The van der Waals surface area contributed by atoms with E-state index in [1.54, 1.807) is 7.05 Å². The second-order valence-electron chi connectivity index (χ2n) is 4.03. The van der Waals surface area contributed by atoms with Crippen LogP contribution in [-0.2, 0) is 23.2 Å². The van der Waals surface area contributed by atoms with Gasteiger partial charge in [-0.15, -0.1) is 22.7 Å². The van der Waals surface area contributed by atoms with Gasteiger partial charge in [-0.25, -0.2) is 8.42 Å². The van der Waals surface area contributed by atoms with Crippen molar-refractivity contribution in [3.05, 3.63) is 35.5 Å². The Hall–Kier alpha value is 0.230. The lowest BCUT2D eigenvalue weighted by Crippen LogP contribution is -2.26. The molecule has 0 spiro atoms. The predicted molar refractivity (Wildman–Crippen MR) is 88.6 cm³/mol. The van der Waals surface area contributed by atoms with Crippen molar-refractivity contribution >= 4 is 64.6 Å². The first-order chi connectivity index (χ1) is 9.34. The van der Waals surface area contributed by atoms with E-state index in [1.807, 2.05) is 11.4 Å². The molecule has 0 aromatic carbocycles. The molecule has 0 fully saturated rings. The molecule has 0 amide bonds. The number of sulfonamides is 1. The number of thiophene rings is 2. The number of nitrogens with zero attached hydrogens (tertiary/aromatic N) is 1. The SMILES string of the molecule is CN(Cc1csc(Br)c1)S(=O)(=O)c1cc(CO)sc1Br. The predicted octanol–water partition coefficient (Wildman–Crippen LogP) is 3.65. The van der Waals surface area contributed by atoms with E-state index in [4.69, 9.17) is 5.11 Å². The summed E-state index contributed by atoms with van der Waals surface area (Å²) in [4.78, 5) is 0.811. The molecule has 2 aromatic heterocycles. The van der Waals surface area contributed by atoms with Gasteiger partial charge < -0.3 is 5.11 Å². The maximum atomic E-state index is 12.5. The average Bonchev–Trinajstić information content (AvgIpc) is 2.95. The van der Waals surface area contributed by atoms with Crippen molar-refractivity contribution in [3.63, 3.8) is 0 Å². The highest BCUT2D eigenvalue weighted by Crippen LogP contribution is 2.34. The molecule has 9 heteroatoms. The minimum Gasteiger partial charge on any atom is -0.391 e. The first-order valence-corrected chi connectivity index (χ1v) is 10.1. The standard InChI is InChI=1S/C11H11Br2NO3S3/c1-14(4-7-2-10(12)18-6-7)20(16,17)9-3-8(5-15)19-11(9)13/h2-3,6,15H,4-5H2,1H3. The molecule has 0 aliphatic heterocycles. The molecule has 2 rings (SSSR count). The van der Waals surface area contributed by atoms with E-state index in [0.29, 0.717) is 15.2 Å². The van der Waals surface area contributed by atoms with Crippen LogP contribution in [0.1, 0.15) is 10.4 Å². The van der Waals surface area contributed by atoms with Crippen LogP contribution in [0, 0.1) is 0 Å². The zero-order chi connectivity index (χ0) is 14.9. The lowest BCUT2D eigenvalue weighted by Gasteiger charge is -2.15. The molecule has 0 bridgehead atoms. The molecule has 0 radical (unpaired) electrons. The van der Waals surface area contributed by atoms with Crippen LogP contribution >= 0.6 is 54.5 Å². The van der Waals surface area contributed by atoms with Crippen molar-refractivity contribution in [2.75, 3.05) is 7.05 Å². The maximum Gasteiger partial charge on any atom is 0.245 e. The number of hydrogen-bond acceptors (Lipinski definition) is 5. The van der Waals surface area contributed by atoms with E-state index in [2.05, 4.69) is 31.9 Å². The number of halogens is 2. The second-order valence-corrected chi connectivity index (χ2v) is 10.8. The Balaban J connectivity index is 2.26. The highest BCUT2D eigenvalue weighted by molar-refractivity contribution is 9.11. The molecule has 0 unspecified atom stereocenters. The van der Waals surface area contributed by atoms with Crippen LogP contribution in [0.5, 0.6) is 0 Å². The fourth-order valence-electron chi connectivity index (χ4n) is 1.59. The fraction of sp³-hybridized carbons (Fsp3) is 0.273. The summed E-state index contributed by atoms with van der Waals surface area (Å²) in [5, 5.41) is 11.0. The summed E-state index contributed by atoms with van der Waals surface area (Å²) >= 11 is 9.35. The number of rotatable bonds is 5. The first kappa shape index (κ1) is 16.6. The van der Waals surface area contributed by atoms with Gasteiger partial charge in [0.15, 0.2) is 0 Å². The lowest BCUT2D eigenvalue weighted by atomic mass is 10.3. The summed E-state index contributed by atoms with van der Waals surface area (Å²) in [7, 11) is -2.03. The van der Waals surface area contributed by atoms with Gasteiger partial charge in [-0.3, -0.25) is 0 Å². The Kier molecular flexibility index (Phi) is 5.44. The van der Waals surface area contributed by atoms with Crippen LogP contribution in [0.25, 0.3) is 0 Å². The van der Waals surface area contributed by atoms with Crippen LogP contribution in [-0.4, -0.2) is 24.9 Å². The first-order valence-electron chi connectivity index (χ1n) is 5.43. The van der Waals surface area contributed by atoms with E-state index in [9.17, 15) is 8.42 Å². The summed E-state index contributed by atoms with van der Waals surface area (Å²) in [5.41, 5.74) is 0.932. The highest BCUT2D eigenvalue weighted by Gasteiger charge is 2.26. The molecule has 110 valence electrons. The molecule has 0 aliphatic rings. The average molecular weight is 461 g/mol. The van der Waals surface area contributed by atoms with Gasteiger partial charge in [0.25, 0.3) is 0 Å². The number of aliphatic hydroxyl groups is 1. The Morgan fingerprint density at radius 2 is 2.05 bits per heavy atom. The third-order valence-electron chi connectivity index (χ3n) is 2.58. The molecule has 2 aromatic rings. The Morgan fingerprint density at radius 3 is 2.55 bits per heavy atom. The van der Waals surface area contributed by atoms with Crippen molar-refractivity contribution in [2.24, 2.45) is 0 Å². The quantitative estimate of drug-likeness (QED) is 0.740. The summed E-state index contributed by atoms with van der Waals surface area (Å²) in [5.74, 6) is 0. The minimum atomic E-state index is -3.57. The van der Waals surface area contributed by atoms with Crippen LogP contribution in [0.2, 0.25) is 0 Å². The molecule has 0 aliphatic carbocycles. The third-order valence-corrected chi connectivity index (χ3v) is 8.17. The van der Waals surface area contributed by atoms with Crippen molar-refractivity contribution in [2.45, 2.75) is 18.0 Å². The Labute approximate surface area is 142 Å². The van der Waals surface area contributed by atoms with Gasteiger partial charge in [-0.1, -0.05) is 0 Å². The molecule has 0 saturated heterocycles. The van der Waals surface area contributed by atoms with Crippen molar-refractivity contribution in [3.8, 4) is 0 Å². The number of aliphatic hydroxyl groups excluding tert-OH is 1. The van der Waals surface area contributed by atoms with E-state index in [1.165, 1.54) is 33.0 Å². The largest absolute Gasteiger partial charge is 0.391 e. The molecule has 20 heavy (non-hydrogen) atoms. The molecule has 0 atom stereocenters. The van der Waals surface area contributed by atoms with Crippen LogP contribution in [0.15, 0.2) is 30.0 Å². The summed E-state index contributed by atoms with van der Waals surface area (Å²) in [6.45, 7) is 0.140. The maximum absolute atomic E-state index is 12.5. The lowest BCUT2D eigenvalue weighted by molar-refractivity contribution is 0.285. The molecule has 0 saturated carbocycles. The van der Waals surface area contributed by atoms with Gasteiger partial charge in [0, 0.05) is 18.5 Å². The molecule has 2 heterocycles. The monoisotopic (exact) mass is 459 g/mol. The van der Waals surface area contributed by atoms with E-state index in [0.717, 1.165) is 9.35 Å². The van der Waals surface area contributed by atoms with Crippen LogP contribution in [0.3, 0.4) is 0 Å². The molecule has 1 N–H and O–H groups in total. The molecule has 4 nitrogen and oxygen atoms in total. The zero-order valence-electron chi connectivity index (χ0n) is 10.3.